The number of pyridine rings is 1. The Morgan fingerprint density at radius 3 is 2.79 bits per heavy atom. The lowest BCUT2D eigenvalue weighted by Gasteiger charge is -2.01. The molecule has 0 unspecified atom stereocenters. The molecule has 0 aliphatic rings. The number of aromatic nitrogens is 2. The minimum Gasteiger partial charge on any atom is -0.306 e. The monoisotopic (exact) mass is 253 g/mol. The molecule has 0 amide bonds. The first-order chi connectivity index (χ1) is 9.15. The van der Waals surface area contributed by atoms with E-state index in [-0.39, 0.29) is 10.6 Å². The molecule has 5 heteroatoms. The fourth-order valence-electron chi connectivity index (χ4n) is 2.11. The van der Waals surface area contributed by atoms with Crippen molar-refractivity contribution in [2.45, 2.75) is 6.92 Å². The van der Waals surface area contributed by atoms with Crippen molar-refractivity contribution in [2.24, 2.45) is 0 Å². The third-order valence-electron chi connectivity index (χ3n) is 3.06. The Morgan fingerprint density at radius 1 is 1.26 bits per heavy atom. The van der Waals surface area contributed by atoms with E-state index >= 15 is 0 Å². The van der Waals surface area contributed by atoms with Gasteiger partial charge < -0.3 is 4.40 Å². The van der Waals surface area contributed by atoms with Gasteiger partial charge in [0.2, 0.25) is 0 Å². The molecule has 2 heterocycles. The Bertz CT molecular complexity index is 744. The fourth-order valence-corrected chi connectivity index (χ4v) is 2.11. The maximum atomic E-state index is 10.7. The fraction of sp³-hybridized carbons (Fsp3) is 0.0714. The number of benzene rings is 1. The molecule has 0 spiro atoms. The van der Waals surface area contributed by atoms with Gasteiger partial charge in [-0.3, -0.25) is 10.1 Å². The van der Waals surface area contributed by atoms with E-state index in [0.29, 0.717) is 0 Å². The van der Waals surface area contributed by atoms with Crippen LogP contribution in [0.4, 0.5) is 5.69 Å². The molecule has 3 aromatic rings. The molecule has 1 aromatic carbocycles. The second-order valence-corrected chi connectivity index (χ2v) is 4.35. The smallest absolute Gasteiger partial charge is 0.269 e. The van der Waals surface area contributed by atoms with Crippen LogP contribution in [0.5, 0.6) is 0 Å². The summed E-state index contributed by atoms with van der Waals surface area (Å²) in [6, 6.07) is 10.6. The molecule has 5 nitrogen and oxygen atoms in total. The van der Waals surface area contributed by atoms with E-state index in [1.165, 1.54) is 6.07 Å². The summed E-state index contributed by atoms with van der Waals surface area (Å²) in [5.41, 5.74) is 3.53. The number of fused-ring (bicyclic) bond motifs is 1. The zero-order valence-corrected chi connectivity index (χ0v) is 10.3. The molecule has 3 rings (SSSR count). The summed E-state index contributed by atoms with van der Waals surface area (Å²) in [4.78, 5) is 14.9. The van der Waals surface area contributed by atoms with Crippen molar-refractivity contribution in [1.82, 2.24) is 9.38 Å². The van der Waals surface area contributed by atoms with E-state index in [4.69, 9.17) is 0 Å². The van der Waals surface area contributed by atoms with E-state index in [0.717, 1.165) is 22.5 Å². The molecule has 0 saturated carbocycles. The van der Waals surface area contributed by atoms with E-state index in [1.54, 1.807) is 12.1 Å². The highest BCUT2D eigenvalue weighted by atomic mass is 16.6. The first-order valence-corrected chi connectivity index (χ1v) is 5.84. The largest absolute Gasteiger partial charge is 0.306 e. The van der Waals surface area contributed by atoms with Gasteiger partial charge in [0.1, 0.15) is 5.65 Å². The van der Waals surface area contributed by atoms with Gasteiger partial charge >= 0.3 is 0 Å². The standard InChI is InChI=1S/C14H11N3O2/c1-10-8-11(17(18)19)5-6-12(10)13-9-16-7-3-2-4-14(16)15-13/h2-9H,1H3. The number of hydrogen-bond acceptors (Lipinski definition) is 3. The van der Waals surface area contributed by atoms with E-state index in [9.17, 15) is 10.1 Å². The number of rotatable bonds is 2. The lowest BCUT2D eigenvalue weighted by atomic mass is 10.1. The number of hydrogen-bond donors (Lipinski definition) is 0. The molecule has 0 saturated heterocycles. The number of nitro benzene ring substituents is 1. The average Bonchev–Trinajstić information content (AvgIpc) is 2.81. The van der Waals surface area contributed by atoms with Crippen molar-refractivity contribution in [3.63, 3.8) is 0 Å². The number of nitro groups is 1. The van der Waals surface area contributed by atoms with Crippen molar-refractivity contribution in [3.8, 4) is 11.3 Å². The van der Waals surface area contributed by atoms with Gasteiger partial charge in [0.15, 0.2) is 0 Å². The van der Waals surface area contributed by atoms with Crippen molar-refractivity contribution in [3.05, 3.63) is 64.5 Å². The Morgan fingerprint density at radius 2 is 2.11 bits per heavy atom. The second-order valence-electron chi connectivity index (χ2n) is 4.35. The lowest BCUT2D eigenvalue weighted by Crippen LogP contribution is -1.90. The summed E-state index contributed by atoms with van der Waals surface area (Å²) in [7, 11) is 0. The molecule has 19 heavy (non-hydrogen) atoms. The third-order valence-corrected chi connectivity index (χ3v) is 3.06. The van der Waals surface area contributed by atoms with Crippen LogP contribution >= 0.6 is 0 Å². The molecular formula is C14H11N3O2. The summed E-state index contributed by atoms with van der Waals surface area (Å²) in [5.74, 6) is 0. The van der Waals surface area contributed by atoms with Crippen LogP contribution in [0.25, 0.3) is 16.9 Å². The van der Waals surface area contributed by atoms with Gasteiger partial charge in [0.05, 0.1) is 10.6 Å². The van der Waals surface area contributed by atoms with E-state index in [2.05, 4.69) is 4.98 Å². The number of imidazole rings is 1. The maximum absolute atomic E-state index is 10.7. The van der Waals surface area contributed by atoms with Crippen LogP contribution in [-0.2, 0) is 0 Å². The lowest BCUT2D eigenvalue weighted by molar-refractivity contribution is -0.384. The number of aryl methyl sites for hydroxylation is 1. The molecule has 0 atom stereocenters. The third kappa shape index (κ3) is 1.95. The minimum atomic E-state index is -0.388. The average molecular weight is 253 g/mol. The van der Waals surface area contributed by atoms with Gasteiger partial charge in [-0.2, -0.15) is 0 Å². The van der Waals surface area contributed by atoms with Gasteiger partial charge in [-0.05, 0) is 30.7 Å². The first-order valence-electron chi connectivity index (χ1n) is 5.84. The molecule has 0 N–H and O–H groups in total. The van der Waals surface area contributed by atoms with Gasteiger partial charge in [-0.15, -0.1) is 0 Å². The predicted molar refractivity (Wildman–Crippen MR) is 72.0 cm³/mol. The van der Waals surface area contributed by atoms with Crippen LogP contribution in [0.2, 0.25) is 0 Å². The topological polar surface area (TPSA) is 60.4 Å². The van der Waals surface area contributed by atoms with Gasteiger partial charge in [0, 0.05) is 30.1 Å². The predicted octanol–water partition coefficient (Wildman–Crippen LogP) is 3.22. The normalized spacial score (nSPS) is 10.8. The number of nitrogens with zero attached hydrogens (tertiary/aromatic N) is 3. The van der Waals surface area contributed by atoms with Crippen LogP contribution < -0.4 is 0 Å². The van der Waals surface area contributed by atoms with E-state index < -0.39 is 0 Å². The van der Waals surface area contributed by atoms with Crippen molar-refractivity contribution in [1.29, 1.82) is 0 Å². The number of non-ortho nitro benzene ring substituents is 1. The van der Waals surface area contributed by atoms with Crippen molar-refractivity contribution >= 4 is 11.3 Å². The first kappa shape index (κ1) is 11.4. The Balaban J connectivity index is 2.13. The molecule has 0 fully saturated rings. The van der Waals surface area contributed by atoms with Crippen LogP contribution in [0.1, 0.15) is 5.56 Å². The van der Waals surface area contributed by atoms with Crippen molar-refractivity contribution < 1.29 is 4.92 Å². The van der Waals surface area contributed by atoms with Gasteiger partial charge in [0.25, 0.3) is 5.69 Å². The highest BCUT2D eigenvalue weighted by Gasteiger charge is 2.11. The Kier molecular flexibility index (Phi) is 2.52. The molecule has 2 aromatic heterocycles. The van der Waals surface area contributed by atoms with Crippen LogP contribution in [0.3, 0.4) is 0 Å². The molecule has 0 radical (unpaired) electrons. The zero-order chi connectivity index (χ0) is 13.4. The molecular weight excluding hydrogens is 242 g/mol. The SMILES string of the molecule is Cc1cc([N+](=O)[O-])ccc1-c1cn2ccccc2n1. The molecule has 0 aliphatic carbocycles. The van der Waals surface area contributed by atoms with E-state index in [1.807, 2.05) is 41.9 Å². The van der Waals surface area contributed by atoms with Crippen molar-refractivity contribution in [2.75, 3.05) is 0 Å². The summed E-state index contributed by atoms with van der Waals surface area (Å²) in [5, 5.41) is 10.7. The zero-order valence-electron chi connectivity index (χ0n) is 10.3. The Labute approximate surface area is 109 Å². The maximum Gasteiger partial charge on any atom is 0.269 e. The summed E-state index contributed by atoms with van der Waals surface area (Å²) in [6.45, 7) is 1.85. The highest BCUT2D eigenvalue weighted by molar-refractivity contribution is 5.67. The Hall–Kier alpha value is -2.69. The molecule has 94 valence electrons. The van der Waals surface area contributed by atoms with Crippen LogP contribution in [-0.4, -0.2) is 14.3 Å². The molecule has 0 aliphatic heterocycles. The van der Waals surface area contributed by atoms with Gasteiger partial charge in [-0.1, -0.05) is 6.07 Å². The summed E-state index contributed by atoms with van der Waals surface area (Å²) < 4.78 is 1.93. The summed E-state index contributed by atoms with van der Waals surface area (Å²) >= 11 is 0. The summed E-state index contributed by atoms with van der Waals surface area (Å²) in [6.07, 6.45) is 3.84. The van der Waals surface area contributed by atoms with Crippen LogP contribution in [0.15, 0.2) is 48.8 Å². The highest BCUT2D eigenvalue weighted by Crippen LogP contribution is 2.26. The van der Waals surface area contributed by atoms with Crippen LogP contribution in [0, 0.1) is 17.0 Å². The quantitative estimate of drug-likeness (QED) is 0.520. The second kappa shape index (κ2) is 4.20. The minimum absolute atomic E-state index is 0.102. The van der Waals surface area contributed by atoms with Gasteiger partial charge in [-0.25, -0.2) is 4.98 Å². The molecule has 0 bridgehead atoms.